The zero-order chi connectivity index (χ0) is 21.1. The maximum Gasteiger partial charge on any atom is 0.248 e. The van der Waals surface area contributed by atoms with Crippen LogP contribution < -0.4 is 24.3 Å². The molecule has 2 aromatic rings. The number of amides is 1. The van der Waals surface area contributed by atoms with Gasteiger partial charge in [0.2, 0.25) is 5.91 Å². The molecule has 1 amide bonds. The third kappa shape index (κ3) is 6.75. The quantitative estimate of drug-likeness (QED) is 0.543. The van der Waals surface area contributed by atoms with Crippen LogP contribution in [0.4, 0.5) is 5.69 Å². The van der Waals surface area contributed by atoms with E-state index in [-0.39, 0.29) is 5.91 Å². The van der Waals surface area contributed by atoms with E-state index in [9.17, 15) is 4.79 Å². The predicted octanol–water partition coefficient (Wildman–Crippen LogP) is 4.93. The highest BCUT2D eigenvalue weighted by molar-refractivity contribution is 6.03. The molecule has 6 nitrogen and oxygen atoms in total. The first-order valence-electron chi connectivity index (χ1n) is 9.89. The van der Waals surface area contributed by atoms with E-state index in [1.165, 1.54) is 6.08 Å². The summed E-state index contributed by atoms with van der Waals surface area (Å²) in [6.07, 6.45) is 3.19. The van der Waals surface area contributed by atoms with Gasteiger partial charge in [-0.1, -0.05) is 6.07 Å². The van der Waals surface area contributed by atoms with E-state index in [0.29, 0.717) is 55.1 Å². The summed E-state index contributed by atoms with van der Waals surface area (Å²) in [5.74, 6) is 2.33. The summed E-state index contributed by atoms with van der Waals surface area (Å²) in [7, 11) is 0. The summed E-state index contributed by atoms with van der Waals surface area (Å²) in [4.78, 5) is 12.4. The summed E-state index contributed by atoms with van der Waals surface area (Å²) < 4.78 is 22.3. The second-order valence-electron chi connectivity index (χ2n) is 5.92. The number of anilines is 1. The van der Waals surface area contributed by atoms with Crippen LogP contribution in [-0.4, -0.2) is 32.3 Å². The van der Waals surface area contributed by atoms with Crippen molar-refractivity contribution in [3.05, 3.63) is 48.0 Å². The van der Waals surface area contributed by atoms with Gasteiger partial charge in [-0.2, -0.15) is 0 Å². The van der Waals surface area contributed by atoms with Crippen molar-refractivity contribution in [2.24, 2.45) is 0 Å². The lowest BCUT2D eigenvalue weighted by atomic mass is 10.2. The average Bonchev–Trinajstić information content (AvgIpc) is 2.71. The van der Waals surface area contributed by atoms with Crippen molar-refractivity contribution < 1.29 is 23.7 Å². The predicted molar refractivity (Wildman–Crippen MR) is 115 cm³/mol. The third-order valence-corrected chi connectivity index (χ3v) is 3.81. The van der Waals surface area contributed by atoms with Crippen molar-refractivity contribution in [2.75, 3.05) is 31.7 Å². The van der Waals surface area contributed by atoms with Crippen LogP contribution in [0.3, 0.4) is 0 Å². The normalized spacial score (nSPS) is 10.6. The van der Waals surface area contributed by atoms with Crippen LogP contribution in [0.25, 0.3) is 6.08 Å². The fourth-order valence-electron chi connectivity index (χ4n) is 2.66. The molecule has 29 heavy (non-hydrogen) atoms. The second-order valence-corrected chi connectivity index (χ2v) is 5.92. The van der Waals surface area contributed by atoms with Gasteiger partial charge >= 0.3 is 0 Å². The minimum absolute atomic E-state index is 0.272. The summed E-state index contributed by atoms with van der Waals surface area (Å²) in [6.45, 7) is 9.77. The highest BCUT2D eigenvalue weighted by atomic mass is 16.5. The van der Waals surface area contributed by atoms with E-state index in [1.807, 2.05) is 52.0 Å². The number of nitrogens with one attached hydrogen (secondary N) is 1. The van der Waals surface area contributed by atoms with Crippen molar-refractivity contribution in [3.63, 3.8) is 0 Å². The fourth-order valence-corrected chi connectivity index (χ4v) is 2.66. The van der Waals surface area contributed by atoms with E-state index in [1.54, 1.807) is 18.2 Å². The van der Waals surface area contributed by atoms with Gasteiger partial charge in [0.05, 0.1) is 32.1 Å². The van der Waals surface area contributed by atoms with Gasteiger partial charge in [-0.3, -0.25) is 4.79 Å². The van der Waals surface area contributed by atoms with E-state index in [0.717, 1.165) is 5.56 Å². The number of ether oxygens (including phenoxy) is 4. The molecule has 0 atom stereocenters. The van der Waals surface area contributed by atoms with Gasteiger partial charge < -0.3 is 24.3 Å². The first-order chi connectivity index (χ1) is 14.1. The topological polar surface area (TPSA) is 66.0 Å². The number of carbonyl (C=O) groups is 1. The number of benzene rings is 2. The molecule has 0 aromatic heterocycles. The SMILES string of the molecule is CCOc1ccc(OCC)c(NC(=O)/C=C/c2ccc(OCC)c(OCC)c2)c1. The van der Waals surface area contributed by atoms with Crippen molar-refractivity contribution in [3.8, 4) is 23.0 Å². The molecule has 0 saturated heterocycles. The Morgan fingerprint density at radius 3 is 2.10 bits per heavy atom. The van der Waals surface area contributed by atoms with Gasteiger partial charge in [-0.05, 0) is 63.6 Å². The molecule has 0 spiro atoms. The zero-order valence-corrected chi connectivity index (χ0v) is 17.5. The number of carbonyl (C=O) groups excluding carboxylic acids is 1. The highest BCUT2D eigenvalue weighted by Gasteiger charge is 2.09. The summed E-state index contributed by atoms with van der Waals surface area (Å²) >= 11 is 0. The zero-order valence-electron chi connectivity index (χ0n) is 17.5. The van der Waals surface area contributed by atoms with Crippen LogP contribution in [0.15, 0.2) is 42.5 Å². The van der Waals surface area contributed by atoms with Gasteiger partial charge in [0.1, 0.15) is 11.5 Å². The highest BCUT2D eigenvalue weighted by Crippen LogP contribution is 2.30. The molecule has 0 aliphatic heterocycles. The summed E-state index contributed by atoms with van der Waals surface area (Å²) in [5, 5.41) is 2.85. The van der Waals surface area contributed by atoms with E-state index < -0.39 is 0 Å². The Morgan fingerprint density at radius 2 is 1.41 bits per heavy atom. The monoisotopic (exact) mass is 399 g/mol. The van der Waals surface area contributed by atoms with Crippen molar-refractivity contribution >= 4 is 17.7 Å². The van der Waals surface area contributed by atoms with Crippen LogP contribution in [0, 0.1) is 0 Å². The molecule has 1 N–H and O–H groups in total. The maximum absolute atomic E-state index is 12.4. The lowest BCUT2D eigenvalue weighted by Gasteiger charge is -2.13. The van der Waals surface area contributed by atoms with Crippen LogP contribution in [0.2, 0.25) is 0 Å². The largest absolute Gasteiger partial charge is 0.494 e. The number of hydrogen-bond acceptors (Lipinski definition) is 5. The smallest absolute Gasteiger partial charge is 0.248 e. The molecule has 0 fully saturated rings. The molecular formula is C23H29NO5. The minimum Gasteiger partial charge on any atom is -0.494 e. The average molecular weight is 399 g/mol. The molecule has 0 heterocycles. The first kappa shape index (κ1) is 22.1. The first-order valence-corrected chi connectivity index (χ1v) is 9.89. The number of rotatable bonds is 11. The number of hydrogen-bond donors (Lipinski definition) is 1. The minimum atomic E-state index is -0.272. The third-order valence-electron chi connectivity index (χ3n) is 3.81. The van der Waals surface area contributed by atoms with Crippen LogP contribution in [0.1, 0.15) is 33.3 Å². The molecule has 0 aliphatic rings. The summed E-state index contributed by atoms with van der Waals surface area (Å²) in [5.41, 5.74) is 1.40. The lowest BCUT2D eigenvalue weighted by molar-refractivity contribution is -0.111. The Morgan fingerprint density at radius 1 is 0.793 bits per heavy atom. The molecular weight excluding hydrogens is 370 g/mol. The van der Waals surface area contributed by atoms with Gasteiger partial charge in [0.25, 0.3) is 0 Å². The Kier molecular flexibility index (Phi) is 8.89. The van der Waals surface area contributed by atoms with E-state index >= 15 is 0 Å². The lowest BCUT2D eigenvalue weighted by Crippen LogP contribution is -2.10. The van der Waals surface area contributed by atoms with Crippen molar-refractivity contribution in [1.82, 2.24) is 0 Å². The van der Waals surface area contributed by atoms with Gasteiger partial charge in [-0.15, -0.1) is 0 Å². The Bertz CT molecular complexity index is 832. The Hall–Kier alpha value is -3.15. The summed E-state index contributed by atoms with van der Waals surface area (Å²) in [6, 6.07) is 10.9. The van der Waals surface area contributed by atoms with Gasteiger partial charge in [-0.25, -0.2) is 0 Å². The molecule has 0 unspecified atom stereocenters. The van der Waals surface area contributed by atoms with Crippen LogP contribution in [-0.2, 0) is 4.79 Å². The maximum atomic E-state index is 12.4. The molecule has 0 aliphatic carbocycles. The van der Waals surface area contributed by atoms with Gasteiger partial charge in [0.15, 0.2) is 11.5 Å². The van der Waals surface area contributed by atoms with E-state index in [2.05, 4.69) is 5.32 Å². The molecule has 2 rings (SSSR count). The van der Waals surface area contributed by atoms with E-state index in [4.69, 9.17) is 18.9 Å². The van der Waals surface area contributed by atoms with Crippen molar-refractivity contribution in [2.45, 2.75) is 27.7 Å². The van der Waals surface area contributed by atoms with Crippen LogP contribution in [0.5, 0.6) is 23.0 Å². The Balaban J connectivity index is 2.15. The fraction of sp³-hybridized carbons (Fsp3) is 0.348. The molecule has 6 heteroatoms. The Labute approximate surface area is 172 Å². The standard InChI is InChI=1S/C23H29NO5/c1-5-26-18-11-13-20(27-6-2)19(16-18)24-23(25)14-10-17-9-12-21(28-7-3)22(15-17)29-8-4/h9-16H,5-8H2,1-4H3,(H,24,25)/b14-10+. The van der Waals surface area contributed by atoms with Crippen molar-refractivity contribution in [1.29, 1.82) is 0 Å². The molecule has 2 aromatic carbocycles. The van der Waals surface area contributed by atoms with Crippen LogP contribution >= 0.6 is 0 Å². The van der Waals surface area contributed by atoms with Gasteiger partial charge in [0, 0.05) is 12.1 Å². The molecule has 0 radical (unpaired) electrons. The second kappa shape index (κ2) is 11.6. The molecule has 0 bridgehead atoms. The molecule has 156 valence electrons. The molecule has 0 saturated carbocycles.